The van der Waals surface area contributed by atoms with Crippen LogP contribution in [0.3, 0.4) is 0 Å². The number of anilines is 1. The second kappa shape index (κ2) is 5.01. The number of aryl methyl sites for hydroxylation is 1. The molecule has 88 valence electrons. The molecule has 0 saturated heterocycles. The van der Waals surface area contributed by atoms with Crippen molar-refractivity contribution in [2.75, 3.05) is 5.32 Å². The highest BCUT2D eigenvalue weighted by atomic mass is 79.9. The zero-order valence-corrected chi connectivity index (χ0v) is 12.1. The largest absolute Gasteiger partial charge is 0.305 e. The number of carbonyl (C=O) groups excluding carboxylic acids is 1. The van der Waals surface area contributed by atoms with Crippen molar-refractivity contribution in [3.63, 3.8) is 0 Å². The van der Waals surface area contributed by atoms with Gasteiger partial charge in [-0.15, -0.1) is 0 Å². The van der Waals surface area contributed by atoms with Crippen molar-refractivity contribution in [1.29, 1.82) is 0 Å². The molecule has 0 aliphatic rings. The number of benzene rings is 1. The molecule has 1 aromatic carbocycles. The molecule has 6 heteroatoms. The molecule has 1 aromatic heterocycles. The van der Waals surface area contributed by atoms with Gasteiger partial charge in [-0.3, -0.25) is 9.48 Å². The Hall–Kier alpha value is -1.14. The number of amides is 1. The van der Waals surface area contributed by atoms with E-state index in [1.165, 1.54) is 0 Å². The summed E-state index contributed by atoms with van der Waals surface area (Å²) in [5.41, 5.74) is 0.560. The van der Waals surface area contributed by atoms with Crippen molar-refractivity contribution in [2.45, 2.75) is 0 Å². The lowest BCUT2D eigenvalue weighted by Crippen LogP contribution is -2.13. The first-order chi connectivity index (χ1) is 8.06. The molecule has 0 radical (unpaired) electrons. The highest BCUT2D eigenvalue weighted by Crippen LogP contribution is 2.22. The van der Waals surface area contributed by atoms with Crippen LogP contribution in [-0.2, 0) is 7.05 Å². The number of hydrogen-bond donors (Lipinski definition) is 1. The summed E-state index contributed by atoms with van der Waals surface area (Å²) in [6.07, 6.45) is 1.77. The molecular formula is C11H9Br2N3O. The summed E-state index contributed by atoms with van der Waals surface area (Å²) in [6.45, 7) is 0. The molecule has 1 amide bonds. The van der Waals surface area contributed by atoms with Crippen LogP contribution in [-0.4, -0.2) is 15.7 Å². The molecule has 0 aliphatic carbocycles. The van der Waals surface area contributed by atoms with Crippen molar-refractivity contribution in [2.24, 2.45) is 7.05 Å². The maximum atomic E-state index is 12.0. The van der Waals surface area contributed by atoms with Crippen molar-refractivity contribution in [3.05, 3.63) is 45.0 Å². The highest BCUT2D eigenvalue weighted by Gasteiger charge is 2.11. The minimum atomic E-state index is -0.197. The zero-order valence-electron chi connectivity index (χ0n) is 8.95. The van der Waals surface area contributed by atoms with Gasteiger partial charge in [0.1, 0.15) is 0 Å². The van der Waals surface area contributed by atoms with E-state index in [-0.39, 0.29) is 5.91 Å². The molecular weight excluding hydrogens is 350 g/mol. The fraction of sp³-hybridized carbons (Fsp3) is 0.0909. The van der Waals surface area contributed by atoms with Gasteiger partial charge in [0, 0.05) is 28.3 Å². The van der Waals surface area contributed by atoms with Crippen molar-refractivity contribution >= 4 is 43.6 Å². The van der Waals surface area contributed by atoms with Crippen LogP contribution >= 0.6 is 31.9 Å². The van der Waals surface area contributed by atoms with Crippen LogP contribution in [0.2, 0.25) is 0 Å². The molecule has 0 saturated carbocycles. The Labute approximate surface area is 115 Å². The maximum absolute atomic E-state index is 12.0. The van der Waals surface area contributed by atoms with E-state index >= 15 is 0 Å². The van der Waals surface area contributed by atoms with Crippen LogP contribution in [0, 0.1) is 0 Å². The van der Waals surface area contributed by atoms with Crippen LogP contribution in [0.15, 0.2) is 39.4 Å². The first kappa shape index (κ1) is 12.3. The number of aromatic nitrogens is 2. The van der Waals surface area contributed by atoms with Crippen LogP contribution in [0.1, 0.15) is 10.4 Å². The van der Waals surface area contributed by atoms with E-state index in [0.29, 0.717) is 11.4 Å². The summed E-state index contributed by atoms with van der Waals surface area (Å²) in [4.78, 5) is 12.0. The fourth-order valence-electron chi connectivity index (χ4n) is 1.34. The van der Waals surface area contributed by atoms with Gasteiger partial charge in [0.25, 0.3) is 5.91 Å². The third-order valence-corrected chi connectivity index (χ3v) is 3.31. The minimum Gasteiger partial charge on any atom is -0.305 e. The van der Waals surface area contributed by atoms with Crippen molar-refractivity contribution in [3.8, 4) is 0 Å². The summed E-state index contributed by atoms with van der Waals surface area (Å²) in [5.74, 6) is 0.334. The smallest absolute Gasteiger partial charge is 0.258 e. The standard InChI is InChI=1S/C11H9Br2N3O/c1-16-5-4-10(15-16)14-11(17)8-6-7(12)2-3-9(8)13/h2-6H,1H3,(H,14,15,17). The maximum Gasteiger partial charge on any atom is 0.258 e. The summed E-state index contributed by atoms with van der Waals surface area (Å²) in [7, 11) is 1.80. The molecule has 0 aliphatic heterocycles. The van der Waals surface area contributed by atoms with Crippen LogP contribution in [0.4, 0.5) is 5.82 Å². The Morgan fingerprint density at radius 3 is 2.76 bits per heavy atom. The quantitative estimate of drug-likeness (QED) is 0.896. The van der Waals surface area contributed by atoms with Gasteiger partial charge in [-0.2, -0.15) is 5.10 Å². The van der Waals surface area contributed by atoms with Gasteiger partial charge in [-0.1, -0.05) is 15.9 Å². The number of halogens is 2. The van der Waals surface area contributed by atoms with Gasteiger partial charge in [-0.25, -0.2) is 0 Å². The third kappa shape index (κ3) is 2.95. The van der Waals surface area contributed by atoms with E-state index in [2.05, 4.69) is 42.3 Å². The summed E-state index contributed by atoms with van der Waals surface area (Å²) in [5, 5.41) is 6.81. The van der Waals surface area contributed by atoms with Gasteiger partial charge in [0.15, 0.2) is 5.82 Å². The average molecular weight is 359 g/mol. The summed E-state index contributed by atoms with van der Waals surface area (Å²) >= 11 is 6.68. The molecule has 0 spiro atoms. The second-order valence-electron chi connectivity index (χ2n) is 3.45. The molecule has 0 unspecified atom stereocenters. The van der Waals surface area contributed by atoms with E-state index < -0.39 is 0 Å². The Morgan fingerprint density at radius 2 is 2.12 bits per heavy atom. The SMILES string of the molecule is Cn1ccc(NC(=O)c2cc(Br)ccc2Br)n1. The van der Waals surface area contributed by atoms with Crippen LogP contribution in [0.25, 0.3) is 0 Å². The lowest BCUT2D eigenvalue weighted by atomic mass is 10.2. The molecule has 1 N–H and O–H groups in total. The topological polar surface area (TPSA) is 46.9 Å². The van der Waals surface area contributed by atoms with E-state index in [1.807, 2.05) is 12.1 Å². The van der Waals surface area contributed by atoms with Crippen LogP contribution < -0.4 is 5.32 Å². The lowest BCUT2D eigenvalue weighted by molar-refractivity contribution is 0.102. The van der Waals surface area contributed by atoms with E-state index in [9.17, 15) is 4.79 Å². The zero-order chi connectivity index (χ0) is 12.4. The average Bonchev–Trinajstić information content (AvgIpc) is 2.67. The van der Waals surface area contributed by atoms with Gasteiger partial charge >= 0.3 is 0 Å². The molecule has 0 atom stereocenters. The number of nitrogens with one attached hydrogen (secondary N) is 1. The van der Waals surface area contributed by atoms with Crippen LogP contribution in [0.5, 0.6) is 0 Å². The predicted octanol–water partition coefficient (Wildman–Crippen LogP) is 3.20. The summed E-state index contributed by atoms with van der Waals surface area (Å²) < 4.78 is 3.23. The molecule has 1 heterocycles. The molecule has 0 fully saturated rings. The highest BCUT2D eigenvalue weighted by molar-refractivity contribution is 9.11. The minimum absolute atomic E-state index is 0.197. The van der Waals surface area contributed by atoms with Gasteiger partial charge in [0.05, 0.1) is 5.56 Å². The van der Waals surface area contributed by atoms with E-state index in [0.717, 1.165) is 8.95 Å². The van der Waals surface area contributed by atoms with Crippen molar-refractivity contribution < 1.29 is 4.79 Å². The molecule has 2 rings (SSSR count). The first-order valence-corrected chi connectivity index (χ1v) is 6.41. The normalized spacial score (nSPS) is 10.3. The lowest BCUT2D eigenvalue weighted by Gasteiger charge is -2.04. The Kier molecular flexibility index (Phi) is 3.63. The predicted molar refractivity (Wildman–Crippen MR) is 73.0 cm³/mol. The number of nitrogens with zero attached hydrogens (tertiary/aromatic N) is 2. The molecule has 2 aromatic rings. The number of hydrogen-bond acceptors (Lipinski definition) is 2. The Balaban J connectivity index is 2.22. The monoisotopic (exact) mass is 357 g/mol. The number of carbonyl (C=O) groups is 1. The van der Waals surface area contributed by atoms with Gasteiger partial charge in [-0.05, 0) is 34.1 Å². The fourth-order valence-corrected chi connectivity index (χ4v) is 2.12. The summed E-state index contributed by atoms with van der Waals surface area (Å²) in [6, 6.07) is 7.17. The number of rotatable bonds is 2. The second-order valence-corrected chi connectivity index (χ2v) is 5.22. The Bertz CT molecular complexity index is 566. The first-order valence-electron chi connectivity index (χ1n) is 4.82. The van der Waals surface area contributed by atoms with Gasteiger partial charge < -0.3 is 5.32 Å². The molecule has 0 bridgehead atoms. The molecule has 4 nitrogen and oxygen atoms in total. The van der Waals surface area contributed by atoms with E-state index in [1.54, 1.807) is 30.1 Å². The van der Waals surface area contributed by atoms with Gasteiger partial charge in [0.2, 0.25) is 0 Å². The van der Waals surface area contributed by atoms with E-state index in [4.69, 9.17) is 0 Å². The molecule has 17 heavy (non-hydrogen) atoms. The third-order valence-electron chi connectivity index (χ3n) is 2.13. The Morgan fingerprint density at radius 1 is 1.35 bits per heavy atom. The van der Waals surface area contributed by atoms with Crippen molar-refractivity contribution in [1.82, 2.24) is 9.78 Å².